The molecule has 0 aliphatic carbocycles. The summed E-state index contributed by atoms with van der Waals surface area (Å²) in [5, 5.41) is 4.86. The summed E-state index contributed by atoms with van der Waals surface area (Å²) in [7, 11) is 0. The summed E-state index contributed by atoms with van der Waals surface area (Å²) in [6.07, 6.45) is 1.99. The number of H-pyrrole nitrogens is 1. The number of benzene rings is 5. The summed E-state index contributed by atoms with van der Waals surface area (Å²) >= 11 is 0. The van der Waals surface area contributed by atoms with Crippen molar-refractivity contribution in [3.05, 3.63) is 109 Å². The lowest BCUT2D eigenvalue weighted by Crippen LogP contribution is -1.88. The van der Waals surface area contributed by atoms with Gasteiger partial charge in [0, 0.05) is 17.3 Å². The number of hydrogen-bond acceptors (Lipinski definition) is 2. The van der Waals surface area contributed by atoms with Crippen molar-refractivity contribution in [3.63, 3.8) is 0 Å². The van der Waals surface area contributed by atoms with E-state index in [-0.39, 0.29) is 0 Å². The number of nitrogens with one attached hydrogen (secondary N) is 1. The van der Waals surface area contributed by atoms with Crippen LogP contribution in [-0.4, -0.2) is 16.2 Å². The third-order valence-corrected chi connectivity index (χ3v) is 5.67. The molecule has 1 heterocycles. The van der Waals surface area contributed by atoms with Crippen molar-refractivity contribution in [2.24, 2.45) is 4.99 Å². The van der Waals surface area contributed by atoms with Gasteiger partial charge < -0.3 is 4.98 Å². The van der Waals surface area contributed by atoms with Crippen molar-refractivity contribution in [2.45, 2.75) is 0 Å². The van der Waals surface area contributed by atoms with E-state index in [9.17, 15) is 0 Å². The topological polar surface area (TPSA) is 41.0 Å². The van der Waals surface area contributed by atoms with Gasteiger partial charge in [-0.05, 0) is 45.8 Å². The number of aliphatic imine (C=N–C) groups is 1. The molecular weight excluding hydrogens is 378 g/mol. The molecule has 3 heteroatoms. The van der Waals surface area contributed by atoms with Gasteiger partial charge in [0.15, 0.2) is 0 Å². The van der Waals surface area contributed by atoms with E-state index in [2.05, 4.69) is 77.8 Å². The fourth-order valence-electron chi connectivity index (χ4n) is 4.14. The Labute approximate surface area is 179 Å². The smallest absolute Gasteiger partial charge is 0.138 e. The van der Waals surface area contributed by atoms with E-state index in [0.29, 0.717) is 0 Å². The van der Waals surface area contributed by atoms with Crippen LogP contribution in [0.4, 0.5) is 5.69 Å². The molecule has 1 aromatic heterocycles. The summed E-state index contributed by atoms with van der Waals surface area (Å²) in [4.78, 5) is 13.0. The zero-order valence-electron chi connectivity index (χ0n) is 16.8. The first kappa shape index (κ1) is 17.6. The van der Waals surface area contributed by atoms with Crippen molar-refractivity contribution < 1.29 is 0 Å². The zero-order chi connectivity index (χ0) is 20.6. The Kier molecular flexibility index (Phi) is 4.10. The Morgan fingerprint density at radius 2 is 1.35 bits per heavy atom. The lowest BCUT2D eigenvalue weighted by Gasteiger charge is -2.07. The number of nitrogens with zero attached hydrogens (tertiary/aromatic N) is 2. The minimum absolute atomic E-state index is 0.872. The summed E-state index contributed by atoms with van der Waals surface area (Å²) in [6.45, 7) is 0. The zero-order valence-corrected chi connectivity index (χ0v) is 16.8. The number of hydrogen-bond donors (Lipinski definition) is 1. The van der Waals surface area contributed by atoms with Crippen LogP contribution in [0.25, 0.3) is 44.0 Å². The van der Waals surface area contributed by atoms with Crippen LogP contribution in [-0.2, 0) is 0 Å². The predicted octanol–water partition coefficient (Wildman–Crippen LogP) is 7.29. The van der Waals surface area contributed by atoms with E-state index in [4.69, 9.17) is 9.98 Å². The number of rotatable bonds is 3. The highest BCUT2D eigenvalue weighted by Crippen LogP contribution is 2.29. The van der Waals surface area contributed by atoms with Gasteiger partial charge in [-0.3, -0.25) is 4.99 Å². The second-order valence-electron chi connectivity index (χ2n) is 7.64. The molecule has 0 saturated heterocycles. The van der Waals surface area contributed by atoms with Gasteiger partial charge in [0.05, 0.1) is 16.7 Å². The highest BCUT2D eigenvalue weighted by molar-refractivity contribution is 6.13. The molecule has 0 amide bonds. The second kappa shape index (κ2) is 7.22. The van der Waals surface area contributed by atoms with E-state index in [0.717, 1.165) is 33.7 Å². The molecule has 0 atom stereocenters. The number of fused-ring (bicyclic) bond motifs is 3. The van der Waals surface area contributed by atoms with Gasteiger partial charge in [0.1, 0.15) is 5.82 Å². The standard InChI is InChI=1S/C28H19N3/c1-2-8-19(9-3-1)28-30-26-15-14-22(17-27(26)31-28)29-18-25-23-12-6-4-10-20(23)16-21-11-5-7-13-24(21)25/h1-18H,(H,30,31). The number of aromatic nitrogens is 2. The van der Waals surface area contributed by atoms with E-state index in [1.807, 2.05) is 36.5 Å². The molecule has 0 fully saturated rings. The molecule has 146 valence electrons. The average Bonchev–Trinajstić information content (AvgIpc) is 3.26. The van der Waals surface area contributed by atoms with E-state index >= 15 is 0 Å². The van der Waals surface area contributed by atoms with Crippen molar-refractivity contribution in [1.82, 2.24) is 9.97 Å². The van der Waals surface area contributed by atoms with Crippen LogP contribution < -0.4 is 0 Å². The third-order valence-electron chi connectivity index (χ3n) is 5.67. The monoisotopic (exact) mass is 397 g/mol. The number of aromatic amines is 1. The lowest BCUT2D eigenvalue weighted by atomic mass is 9.97. The molecule has 0 radical (unpaired) electrons. The van der Waals surface area contributed by atoms with Crippen LogP contribution in [0.5, 0.6) is 0 Å². The van der Waals surface area contributed by atoms with Crippen LogP contribution >= 0.6 is 0 Å². The molecular formula is C28H19N3. The molecule has 6 rings (SSSR count). The minimum Gasteiger partial charge on any atom is -0.338 e. The average molecular weight is 397 g/mol. The van der Waals surface area contributed by atoms with Gasteiger partial charge in [0.2, 0.25) is 0 Å². The van der Waals surface area contributed by atoms with Crippen molar-refractivity contribution in [1.29, 1.82) is 0 Å². The van der Waals surface area contributed by atoms with Crippen LogP contribution in [0.1, 0.15) is 5.56 Å². The second-order valence-corrected chi connectivity index (χ2v) is 7.64. The summed E-state index contributed by atoms with van der Waals surface area (Å²) in [5.41, 5.74) is 5.03. The molecule has 6 aromatic rings. The van der Waals surface area contributed by atoms with E-state index in [1.54, 1.807) is 0 Å². The SMILES string of the molecule is C(=Nc1ccc2nc(-c3ccccc3)[nH]c2c1)c1c2ccccc2cc2ccccc12. The fraction of sp³-hybridized carbons (Fsp3) is 0. The van der Waals surface area contributed by atoms with Crippen molar-refractivity contribution >= 4 is 44.5 Å². The Bertz CT molecular complexity index is 1520. The Morgan fingerprint density at radius 3 is 2.10 bits per heavy atom. The van der Waals surface area contributed by atoms with Crippen molar-refractivity contribution in [3.8, 4) is 11.4 Å². The van der Waals surface area contributed by atoms with Gasteiger partial charge in [0.25, 0.3) is 0 Å². The maximum absolute atomic E-state index is 4.84. The largest absolute Gasteiger partial charge is 0.338 e. The maximum atomic E-state index is 4.84. The normalized spacial score (nSPS) is 11.7. The molecule has 31 heavy (non-hydrogen) atoms. The summed E-state index contributed by atoms with van der Waals surface area (Å²) in [5.74, 6) is 0.872. The maximum Gasteiger partial charge on any atom is 0.138 e. The van der Waals surface area contributed by atoms with Gasteiger partial charge in [-0.1, -0.05) is 78.9 Å². The molecule has 0 aliphatic rings. The highest BCUT2D eigenvalue weighted by atomic mass is 14.9. The first-order valence-corrected chi connectivity index (χ1v) is 10.3. The van der Waals surface area contributed by atoms with Crippen molar-refractivity contribution in [2.75, 3.05) is 0 Å². The van der Waals surface area contributed by atoms with Gasteiger partial charge >= 0.3 is 0 Å². The molecule has 1 N–H and O–H groups in total. The molecule has 0 bridgehead atoms. The van der Waals surface area contributed by atoms with Gasteiger partial charge in [-0.25, -0.2) is 4.98 Å². The van der Waals surface area contributed by atoms with Crippen LogP contribution in [0.3, 0.4) is 0 Å². The Balaban J connectivity index is 1.45. The summed E-state index contributed by atoms with van der Waals surface area (Å²) in [6, 6.07) is 35.4. The van der Waals surface area contributed by atoms with E-state index < -0.39 is 0 Å². The molecule has 0 saturated carbocycles. The van der Waals surface area contributed by atoms with Crippen LogP contribution in [0, 0.1) is 0 Å². The molecule has 5 aromatic carbocycles. The quantitative estimate of drug-likeness (QED) is 0.247. The van der Waals surface area contributed by atoms with Gasteiger partial charge in [-0.2, -0.15) is 0 Å². The first-order valence-electron chi connectivity index (χ1n) is 10.3. The minimum atomic E-state index is 0.872. The molecule has 0 aliphatic heterocycles. The predicted molar refractivity (Wildman–Crippen MR) is 130 cm³/mol. The highest BCUT2D eigenvalue weighted by Gasteiger charge is 2.07. The van der Waals surface area contributed by atoms with E-state index in [1.165, 1.54) is 21.5 Å². The molecule has 0 spiro atoms. The number of imidazole rings is 1. The summed E-state index contributed by atoms with van der Waals surface area (Å²) < 4.78 is 0. The Hall–Kier alpha value is -4.24. The van der Waals surface area contributed by atoms with Crippen LogP contribution in [0.2, 0.25) is 0 Å². The lowest BCUT2D eigenvalue weighted by molar-refractivity contribution is 1.34. The Morgan fingerprint density at radius 1 is 0.677 bits per heavy atom. The fourth-order valence-corrected chi connectivity index (χ4v) is 4.14. The molecule has 0 unspecified atom stereocenters. The third kappa shape index (κ3) is 3.17. The van der Waals surface area contributed by atoms with Crippen LogP contribution in [0.15, 0.2) is 108 Å². The first-order chi connectivity index (χ1) is 15.3. The van der Waals surface area contributed by atoms with Gasteiger partial charge in [-0.15, -0.1) is 0 Å². The molecule has 3 nitrogen and oxygen atoms in total.